The molecular weight excluding hydrogens is 414 g/mol. The number of esters is 1. The fraction of sp³-hybridized carbons (Fsp3) is 0.417. The third-order valence-corrected chi connectivity index (χ3v) is 5.71. The Bertz CT molecular complexity index is 1010. The van der Waals surface area contributed by atoms with Gasteiger partial charge in [-0.2, -0.15) is 0 Å². The minimum atomic E-state index is -1.09. The molecule has 1 N–H and O–H groups in total. The summed E-state index contributed by atoms with van der Waals surface area (Å²) < 4.78 is 21.9. The maximum atomic E-state index is 13.4. The largest absolute Gasteiger partial charge is 0.497 e. The van der Waals surface area contributed by atoms with Crippen LogP contribution in [-0.2, 0) is 9.53 Å². The molecule has 170 valence electrons. The molecule has 2 aliphatic rings. The zero-order valence-electron chi connectivity index (χ0n) is 18.5. The maximum absolute atomic E-state index is 13.4. The lowest BCUT2D eigenvalue weighted by Gasteiger charge is -2.29. The van der Waals surface area contributed by atoms with E-state index in [0.717, 1.165) is 5.56 Å². The Hall–Kier alpha value is -3.42. The van der Waals surface area contributed by atoms with E-state index in [9.17, 15) is 14.7 Å². The van der Waals surface area contributed by atoms with Crippen LogP contribution in [0.2, 0.25) is 0 Å². The molecule has 1 fully saturated rings. The van der Waals surface area contributed by atoms with Crippen LogP contribution in [0.5, 0.6) is 17.2 Å². The second-order valence-corrected chi connectivity index (χ2v) is 8.93. The lowest BCUT2D eigenvalue weighted by Crippen LogP contribution is -2.35. The Kier molecular flexibility index (Phi) is 5.62. The molecule has 0 bridgehead atoms. The molecule has 1 amide bonds. The first-order valence-corrected chi connectivity index (χ1v) is 10.4. The first-order chi connectivity index (χ1) is 15.2. The summed E-state index contributed by atoms with van der Waals surface area (Å²) in [6.45, 7) is 5.68. The number of hydrogen-bond donors (Lipinski definition) is 1. The molecule has 2 aromatic carbocycles. The van der Waals surface area contributed by atoms with Crippen LogP contribution < -0.4 is 14.2 Å². The molecule has 8 heteroatoms. The molecule has 0 aliphatic carbocycles. The second-order valence-electron chi connectivity index (χ2n) is 8.93. The fourth-order valence-corrected chi connectivity index (χ4v) is 4.36. The molecule has 2 aromatic rings. The number of likely N-dealkylation sites (tertiary alicyclic amines) is 1. The van der Waals surface area contributed by atoms with Crippen LogP contribution in [-0.4, -0.2) is 48.1 Å². The number of carbonyl (C=O) groups is 2. The zero-order chi connectivity index (χ0) is 23.0. The molecule has 0 aromatic heterocycles. The minimum Gasteiger partial charge on any atom is -0.497 e. The molecule has 1 saturated heterocycles. The Morgan fingerprint density at radius 1 is 1.03 bits per heavy atom. The molecule has 3 atom stereocenters. The monoisotopic (exact) mass is 441 g/mol. The predicted molar refractivity (Wildman–Crippen MR) is 115 cm³/mol. The third-order valence-electron chi connectivity index (χ3n) is 5.71. The van der Waals surface area contributed by atoms with Gasteiger partial charge in [-0.3, -0.25) is 9.69 Å². The molecule has 2 heterocycles. The summed E-state index contributed by atoms with van der Waals surface area (Å²) in [5.41, 5.74) is 0.789. The van der Waals surface area contributed by atoms with Gasteiger partial charge in [-0.25, -0.2) is 4.79 Å². The van der Waals surface area contributed by atoms with E-state index in [-0.39, 0.29) is 13.3 Å². The molecule has 0 unspecified atom stereocenters. The van der Waals surface area contributed by atoms with Crippen molar-refractivity contribution in [3.8, 4) is 17.2 Å². The molecule has 0 spiro atoms. The number of rotatable bonds is 4. The van der Waals surface area contributed by atoms with Crippen molar-refractivity contribution in [2.45, 2.75) is 38.3 Å². The number of methoxy groups -OCH3 is 1. The number of fused-ring (bicyclic) bond motifs is 1. The van der Waals surface area contributed by atoms with Gasteiger partial charge < -0.3 is 24.1 Å². The van der Waals surface area contributed by atoms with Crippen molar-refractivity contribution in [1.82, 2.24) is 4.90 Å². The number of nitrogens with zero attached hydrogens (tertiary/aromatic N) is 1. The summed E-state index contributed by atoms with van der Waals surface area (Å²) in [7, 11) is 1.56. The van der Waals surface area contributed by atoms with Crippen molar-refractivity contribution < 1.29 is 33.6 Å². The van der Waals surface area contributed by atoms with Crippen molar-refractivity contribution in [1.29, 1.82) is 0 Å². The number of hydrogen-bond acceptors (Lipinski definition) is 6. The Morgan fingerprint density at radius 3 is 2.31 bits per heavy atom. The highest BCUT2D eigenvalue weighted by atomic mass is 16.7. The molecule has 0 saturated carbocycles. The van der Waals surface area contributed by atoms with Crippen LogP contribution in [0.25, 0.3) is 0 Å². The topological polar surface area (TPSA) is 94.5 Å². The van der Waals surface area contributed by atoms with Gasteiger partial charge in [0, 0.05) is 12.5 Å². The van der Waals surface area contributed by atoms with Gasteiger partial charge >= 0.3 is 12.1 Å². The van der Waals surface area contributed by atoms with E-state index in [1.807, 2.05) is 12.1 Å². The van der Waals surface area contributed by atoms with Gasteiger partial charge in [0.2, 0.25) is 6.79 Å². The van der Waals surface area contributed by atoms with Gasteiger partial charge in [-0.1, -0.05) is 18.2 Å². The van der Waals surface area contributed by atoms with Gasteiger partial charge in [0.25, 0.3) is 0 Å². The molecule has 8 nitrogen and oxygen atoms in total. The second kappa shape index (κ2) is 8.26. The minimum absolute atomic E-state index is 0.134. The van der Waals surface area contributed by atoms with E-state index in [0.29, 0.717) is 22.8 Å². The van der Waals surface area contributed by atoms with Gasteiger partial charge in [0.05, 0.1) is 19.1 Å². The number of carboxylic acid groups (broad SMARTS) is 1. The van der Waals surface area contributed by atoms with Crippen LogP contribution in [0, 0.1) is 5.92 Å². The van der Waals surface area contributed by atoms with Crippen molar-refractivity contribution in [2.75, 3.05) is 20.4 Å². The first kappa shape index (κ1) is 21.8. The summed E-state index contributed by atoms with van der Waals surface area (Å²) in [6.07, 6.45) is -1.09. The standard InChI is InChI=1S/C24H27NO7/c1-24(2,3)32-22(26)20-17(15-7-10-18-19(11-15)31-13-30-18)12-25(23(27)28)21(20)14-5-8-16(29-4)9-6-14/h5-11,17,20-21H,12-13H2,1-4H3,(H,27,28)/t17-,20-,21+/m0/s1. The predicted octanol–water partition coefficient (Wildman–Crippen LogP) is 4.20. The van der Waals surface area contributed by atoms with Crippen LogP contribution >= 0.6 is 0 Å². The fourth-order valence-electron chi connectivity index (χ4n) is 4.36. The van der Waals surface area contributed by atoms with Crippen molar-refractivity contribution in [2.24, 2.45) is 5.92 Å². The SMILES string of the molecule is COc1ccc([C@@H]2[C@@H](C(=O)OC(C)(C)C)[C@H](c3ccc4c(c3)OCO4)CN2C(=O)O)cc1. The summed E-state index contributed by atoms with van der Waals surface area (Å²) in [4.78, 5) is 27.0. The van der Waals surface area contributed by atoms with E-state index in [1.54, 1.807) is 58.2 Å². The Labute approximate surface area is 186 Å². The highest BCUT2D eigenvalue weighted by Gasteiger charge is 2.50. The van der Waals surface area contributed by atoms with E-state index in [4.69, 9.17) is 18.9 Å². The summed E-state index contributed by atoms with van der Waals surface area (Å²) in [5, 5.41) is 10.0. The van der Waals surface area contributed by atoms with E-state index < -0.39 is 35.5 Å². The van der Waals surface area contributed by atoms with Crippen LogP contribution in [0.1, 0.15) is 43.9 Å². The normalized spacial score (nSPS) is 22.0. The van der Waals surface area contributed by atoms with Crippen molar-refractivity contribution in [3.63, 3.8) is 0 Å². The van der Waals surface area contributed by atoms with E-state index in [1.165, 1.54) is 4.90 Å². The number of carbonyl (C=O) groups excluding carboxylic acids is 1. The van der Waals surface area contributed by atoms with Crippen molar-refractivity contribution >= 4 is 12.1 Å². The van der Waals surface area contributed by atoms with Gasteiger partial charge in [-0.05, 0) is 56.2 Å². The number of amides is 1. The highest BCUT2D eigenvalue weighted by Crippen LogP contribution is 2.48. The highest BCUT2D eigenvalue weighted by molar-refractivity contribution is 5.79. The number of ether oxygens (including phenoxy) is 4. The van der Waals surface area contributed by atoms with E-state index >= 15 is 0 Å². The van der Waals surface area contributed by atoms with Gasteiger partial charge in [-0.15, -0.1) is 0 Å². The molecule has 4 rings (SSSR count). The zero-order valence-corrected chi connectivity index (χ0v) is 18.5. The van der Waals surface area contributed by atoms with Crippen LogP contribution in [0.15, 0.2) is 42.5 Å². The Morgan fingerprint density at radius 2 is 1.69 bits per heavy atom. The Balaban J connectivity index is 1.79. The smallest absolute Gasteiger partial charge is 0.407 e. The maximum Gasteiger partial charge on any atom is 0.407 e. The van der Waals surface area contributed by atoms with Gasteiger partial charge in [0.15, 0.2) is 11.5 Å². The summed E-state index contributed by atoms with van der Waals surface area (Å²) in [5.74, 6) is 0.267. The lowest BCUT2D eigenvalue weighted by molar-refractivity contribution is -0.161. The molecule has 32 heavy (non-hydrogen) atoms. The van der Waals surface area contributed by atoms with Crippen LogP contribution in [0.4, 0.5) is 4.79 Å². The summed E-state index contributed by atoms with van der Waals surface area (Å²) >= 11 is 0. The molecule has 2 aliphatic heterocycles. The third kappa shape index (κ3) is 4.17. The molecular formula is C24H27NO7. The molecule has 0 radical (unpaired) electrons. The van der Waals surface area contributed by atoms with E-state index in [2.05, 4.69) is 0 Å². The quantitative estimate of drug-likeness (QED) is 0.711. The number of benzene rings is 2. The first-order valence-electron chi connectivity index (χ1n) is 10.4. The van der Waals surface area contributed by atoms with Crippen LogP contribution in [0.3, 0.4) is 0 Å². The lowest BCUT2D eigenvalue weighted by atomic mass is 9.82. The summed E-state index contributed by atoms with van der Waals surface area (Å²) in [6, 6.07) is 11.9. The average Bonchev–Trinajstić information content (AvgIpc) is 3.36. The average molecular weight is 441 g/mol. The van der Waals surface area contributed by atoms with Crippen molar-refractivity contribution in [3.05, 3.63) is 53.6 Å². The van der Waals surface area contributed by atoms with Gasteiger partial charge in [0.1, 0.15) is 11.4 Å².